The molecule has 21 heavy (non-hydrogen) atoms. The van der Waals surface area contributed by atoms with Gasteiger partial charge >= 0.3 is 0 Å². The smallest absolute Gasteiger partial charge is 0.254 e. The number of nitrogens with zero attached hydrogens (tertiary/aromatic N) is 2. The van der Waals surface area contributed by atoms with Crippen LogP contribution < -0.4 is 4.84 Å². The number of hydrogen-bond donors (Lipinski definition) is 4. The first-order valence-corrected chi connectivity index (χ1v) is 6.47. The quantitative estimate of drug-likeness (QED) is 0.569. The van der Waals surface area contributed by atoms with E-state index in [4.69, 9.17) is 14.7 Å². The van der Waals surface area contributed by atoms with Gasteiger partial charge in [-0.1, -0.05) is 0 Å². The van der Waals surface area contributed by atoms with E-state index in [-0.39, 0.29) is 5.75 Å². The predicted molar refractivity (Wildman–Crippen MR) is 70.5 cm³/mol. The van der Waals surface area contributed by atoms with E-state index >= 15 is 0 Å². The van der Waals surface area contributed by atoms with Gasteiger partial charge in [-0.25, -0.2) is 4.98 Å². The number of phenols is 1. The Labute approximate surface area is 119 Å². The molecule has 114 valence electrons. The average molecular weight is 296 g/mol. The van der Waals surface area contributed by atoms with E-state index < -0.39 is 31.2 Å². The number of phenolic OH excluding ortho intramolecular Hbond substituents is 1. The molecule has 1 aliphatic rings. The molecule has 2 aromatic rings. The number of aliphatic hydroxyl groups excluding tert-OH is 3. The normalized spacial score (nSPS) is 29.1. The second kappa shape index (κ2) is 5.15. The van der Waals surface area contributed by atoms with Crippen LogP contribution in [0.2, 0.25) is 0 Å². The lowest BCUT2D eigenvalue weighted by Gasteiger charge is -2.17. The van der Waals surface area contributed by atoms with Gasteiger partial charge in [0, 0.05) is 6.07 Å². The van der Waals surface area contributed by atoms with Crippen molar-refractivity contribution in [1.82, 2.24) is 9.71 Å². The van der Waals surface area contributed by atoms with Crippen LogP contribution in [0.4, 0.5) is 0 Å². The summed E-state index contributed by atoms with van der Waals surface area (Å²) >= 11 is 0. The number of hydrogen-bond acceptors (Lipinski definition) is 7. The van der Waals surface area contributed by atoms with Gasteiger partial charge in [-0.3, -0.25) is 0 Å². The van der Waals surface area contributed by atoms with E-state index in [1.54, 1.807) is 13.0 Å². The van der Waals surface area contributed by atoms with E-state index in [0.29, 0.717) is 16.6 Å². The van der Waals surface area contributed by atoms with Crippen molar-refractivity contribution in [3.8, 4) is 5.75 Å². The van der Waals surface area contributed by atoms with Gasteiger partial charge < -0.3 is 30.0 Å². The maximum atomic E-state index is 9.84. The molecule has 0 bridgehead atoms. The third-order valence-corrected chi connectivity index (χ3v) is 3.55. The van der Waals surface area contributed by atoms with Crippen molar-refractivity contribution in [1.29, 1.82) is 0 Å². The molecule has 4 N–H and O–H groups in total. The molecule has 1 aliphatic heterocycles. The van der Waals surface area contributed by atoms with Gasteiger partial charge in [0.15, 0.2) is 0 Å². The zero-order chi connectivity index (χ0) is 15.1. The molecule has 8 heteroatoms. The van der Waals surface area contributed by atoms with Crippen molar-refractivity contribution >= 4 is 11.0 Å². The first-order valence-electron chi connectivity index (χ1n) is 6.47. The topological polar surface area (TPSA) is 117 Å². The Morgan fingerprint density at radius 2 is 2.10 bits per heavy atom. The highest BCUT2D eigenvalue weighted by Crippen LogP contribution is 2.25. The zero-order valence-electron chi connectivity index (χ0n) is 11.2. The van der Waals surface area contributed by atoms with Crippen LogP contribution >= 0.6 is 0 Å². The van der Waals surface area contributed by atoms with Crippen LogP contribution in [0.25, 0.3) is 11.0 Å². The summed E-state index contributed by atoms with van der Waals surface area (Å²) in [6, 6.07) is 3.18. The monoisotopic (exact) mass is 296 g/mol. The predicted octanol–water partition coefficient (Wildman–Crippen LogP) is -1.08. The van der Waals surface area contributed by atoms with Crippen LogP contribution in [-0.4, -0.2) is 61.3 Å². The Morgan fingerprint density at radius 3 is 2.76 bits per heavy atom. The molecular formula is C13H16N2O6. The fourth-order valence-electron chi connectivity index (χ4n) is 2.28. The molecule has 0 aliphatic carbocycles. The summed E-state index contributed by atoms with van der Waals surface area (Å²) in [7, 11) is 0. The van der Waals surface area contributed by atoms with Crippen LogP contribution in [0.5, 0.6) is 5.75 Å². The van der Waals surface area contributed by atoms with Gasteiger partial charge in [-0.15, -0.1) is 0 Å². The number of benzene rings is 1. The summed E-state index contributed by atoms with van der Waals surface area (Å²) in [5.74, 6) is 0.126. The molecule has 0 unspecified atom stereocenters. The Morgan fingerprint density at radius 1 is 1.33 bits per heavy atom. The minimum Gasteiger partial charge on any atom is -0.508 e. The van der Waals surface area contributed by atoms with E-state index in [1.165, 1.54) is 17.1 Å². The van der Waals surface area contributed by atoms with Crippen molar-refractivity contribution in [2.45, 2.75) is 31.5 Å². The Kier molecular flexibility index (Phi) is 3.46. The van der Waals surface area contributed by atoms with Gasteiger partial charge in [-0.05, 0) is 18.6 Å². The Hall–Kier alpha value is -1.87. The van der Waals surface area contributed by atoms with Crippen LogP contribution in [0.15, 0.2) is 18.5 Å². The number of aryl methyl sites for hydroxylation is 1. The molecule has 1 fully saturated rings. The number of fused-ring (bicyclic) bond motifs is 1. The molecule has 4 atom stereocenters. The molecule has 8 nitrogen and oxygen atoms in total. The fraction of sp³-hybridized carbons (Fsp3) is 0.462. The van der Waals surface area contributed by atoms with Crippen molar-refractivity contribution in [2.24, 2.45) is 0 Å². The summed E-state index contributed by atoms with van der Waals surface area (Å²) in [4.78, 5) is 9.54. The third kappa shape index (κ3) is 2.32. The summed E-state index contributed by atoms with van der Waals surface area (Å²) in [6.45, 7) is 1.31. The number of imidazole rings is 1. The van der Waals surface area contributed by atoms with E-state index in [0.717, 1.165) is 0 Å². The van der Waals surface area contributed by atoms with Crippen LogP contribution in [0.1, 0.15) is 5.56 Å². The van der Waals surface area contributed by atoms with Gasteiger partial charge in [-0.2, -0.15) is 4.73 Å². The lowest BCUT2D eigenvalue weighted by molar-refractivity contribution is -0.168. The third-order valence-electron chi connectivity index (χ3n) is 3.55. The molecular weight excluding hydrogens is 280 g/mol. The van der Waals surface area contributed by atoms with Crippen molar-refractivity contribution in [2.75, 3.05) is 6.61 Å². The number of ether oxygens (including phenoxy) is 1. The van der Waals surface area contributed by atoms with Gasteiger partial charge in [0.05, 0.1) is 12.1 Å². The fourth-order valence-corrected chi connectivity index (χ4v) is 2.28. The standard InChI is InChI=1S/C13H16N2O6/c1-6-2-8-7(3-9(6)17)14-5-15(8)21-13-12(19)11(18)10(4-16)20-13/h2-3,5,10-13,16-19H,4H2,1H3/t10-,11-,12-,13-/m1/s1. The minimum atomic E-state index is -1.28. The summed E-state index contributed by atoms with van der Waals surface area (Å²) < 4.78 is 6.53. The second-order valence-corrected chi connectivity index (χ2v) is 5.01. The second-order valence-electron chi connectivity index (χ2n) is 5.01. The highest BCUT2D eigenvalue weighted by Gasteiger charge is 2.44. The molecule has 1 aromatic heterocycles. The summed E-state index contributed by atoms with van der Waals surface area (Å²) in [5.41, 5.74) is 1.75. The van der Waals surface area contributed by atoms with Crippen LogP contribution in [-0.2, 0) is 4.74 Å². The number of aromatic nitrogens is 2. The van der Waals surface area contributed by atoms with E-state index in [1.807, 2.05) is 0 Å². The largest absolute Gasteiger partial charge is 0.508 e. The SMILES string of the molecule is Cc1cc2c(cc1O)ncn2O[C@H]1O[C@H](CO)[C@@H](O)[C@H]1O. The Bertz CT molecular complexity index is 657. The average Bonchev–Trinajstić information content (AvgIpc) is 2.96. The lowest BCUT2D eigenvalue weighted by Crippen LogP contribution is -2.38. The van der Waals surface area contributed by atoms with Crippen molar-refractivity contribution < 1.29 is 30.0 Å². The number of aromatic hydroxyl groups is 1. The number of rotatable bonds is 3. The summed E-state index contributed by atoms with van der Waals surface area (Å²) in [6.07, 6.45) is -3.15. The first-order chi connectivity index (χ1) is 10.0. The summed E-state index contributed by atoms with van der Waals surface area (Å²) in [5, 5.41) is 38.2. The molecule has 0 radical (unpaired) electrons. The lowest BCUT2D eigenvalue weighted by atomic mass is 10.1. The first kappa shape index (κ1) is 14.1. The van der Waals surface area contributed by atoms with Crippen LogP contribution in [0.3, 0.4) is 0 Å². The maximum absolute atomic E-state index is 9.84. The molecule has 0 amide bonds. The molecule has 1 saturated heterocycles. The number of aliphatic hydroxyl groups is 3. The van der Waals surface area contributed by atoms with Crippen molar-refractivity contribution in [3.63, 3.8) is 0 Å². The zero-order valence-corrected chi connectivity index (χ0v) is 11.2. The van der Waals surface area contributed by atoms with Gasteiger partial charge in [0.1, 0.15) is 35.9 Å². The highest BCUT2D eigenvalue weighted by molar-refractivity contribution is 5.78. The molecule has 0 spiro atoms. The molecule has 2 heterocycles. The molecule has 0 saturated carbocycles. The van der Waals surface area contributed by atoms with E-state index in [2.05, 4.69) is 4.98 Å². The highest BCUT2D eigenvalue weighted by atomic mass is 16.8. The van der Waals surface area contributed by atoms with Gasteiger partial charge in [0.25, 0.3) is 6.29 Å². The van der Waals surface area contributed by atoms with Crippen molar-refractivity contribution in [3.05, 3.63) is 24.0 Å². The van der Waals surface area contributed by atoms with Gasteiger partial charge in [0.2, 0.25) is 0 Å². The molecule has 3 rings (SSSR count). The Balaban J connectivity index is 1.87. The maximum Gasteiger partial charge on any atom is 0.254 e. The molecule has 1 aromatic carbocycles. The van der Waals surface area contributed by atoms with E-state index in [9.17, 15) is 15.3 Å². The van der Waals surface area contributed by atoms with Crippen LogP contribution in [0, 0.1) is 6.92 Å². The minimum absolute atomic E-state index is 0.126.